The molecule has 17 heavy (non-hydrogen) atoms. The Hall–Kier alpha value is -1.60. The molecule has 0 bridgehead atoms. The second kappa shape index (κ2) is 5.15. The van der Waals surface area contributed by atoms with Gasteiger partial charge in [0, 0.05) is 19.3 Å². The van der Waals surface area contributed by atoms with Crippen molar-refractivity contribution in [3.8, 4) is 6.07 Å². The lowest BCUT2D eigenvalue weighted by molar-refractivity contribution is 0.0117. The maximum Gasteiger partial charge on any atom is 0.268 e. The van der Waals surface area contributed by atoms with Gasteiger partial charge < -0.3 is 9.30 Å². The number of methoxy groups -OCH3 is 1. The summed E-state index contributed by atoms with van der Waals surface area (Å²) in [5.41, 5.74) is 0.556. The number of aromatic nitrogens is 1. The van der Waals surface area contributed by atoms with Gasteiger partial charge in [-0.1, -0.05) is 0 Å². The van der Waals surface area contributed by atoms with Gasteiger partial charge in [0.1, 0.15) is 11.6 Å². The smallest absolute Gasteiger partial charge is 0.268 e. The summed E-state index contributed by atoms with van der Waals surface area (Å²) >= 11 is 0. The Bertz CT molecular complexity index is 495. The molecule has 0 saturated carbocycles. The molecule has 0 aliphatic heterocycles. The molecular weight excluding hydrogens is 216 g/mol. The highest BCUT2D eigenvalue weighted by atomic mass is 16.5. The van der Waals surface area contributed by atoms with E-state index in [9.17, 15) is 4.79 Å². The summed E-state index contributed by atoms with van der Waals surface area (Å²) in [5.74, 6) is 0. The highest BCUT2D eigenvalue weighted by Gasteiger charge is 2.17. The minimum absolute atomic E-state index is 0.186. The van der Waals surface area contributed by atoms with E-state index in [1.54, 1.807) is 23.8 Å². The predicted molar refractivity (Wildman–Crippen MR) is 65.9 cm³/mol. The Morgan fingerprint density at radius 3 is 2.65 bits per heavy atom. The number of nitrogens with zero attached hydrogens (tertiary/aromatic N) is 2. The molecule has 1 aromatic heterocycles. The fourth-order valence-electron chi connectivity index (χ4n) is 1.52. The second-order valence-electron chi connectivity index (χ2n) is 4.67. The van der Waals surface area contributed by atoms with Crippen LogP contribution in [0.2, 0.25) is 0 Å². The molecule has 0 N–H and O–H groups in total. The zero-order chi connectivity index (χ0) is 13.1. The highest BCUT2D eigenvalue weighted by molar-refractivity contribution is 5.27. The minimum Gasteiger partial charge on any atom is -0.379 e. The molecule has 0 saturated heterocycles. The summed E-state index contributed by atoms with van der Waals surface area (Å²) < 4.78 is 6.94. The molecule has 0 aliphatic rings. The number of aryl methyl sites for hydroxylation is 1. The van der Waals surface area contributed by atoms with E-state index < -0.39 is 0 Å². The molecule has 0 spiro atoms. The summed E-state index contributed by atoms with van der Waals surface area (Å²) in [6, 6.07) is 5.27. The van der Waals surface area contributed by atoms with Gasteiger partial charge in [-0.15, -0.1) is 0 Å². The highest BCUT2D eigenvalue weighted by Crippen LogP contribution is 2.14. The molecule has 0 unspecified atom stereocenters. The molecule has 1 aromatic rings. The summed E-state index contributed by atoms with van der Waals surface area (Å²) in [5, 5.41) is 8.82. The number of ether oxygens (including phenoxy) is 1. The quantitative estimate of drug-likeness (QED) is 0.798. The summed E-state index contributed by atoms with van der Waals surface area (Å²) in [4.78, 5) is 11.9. The summed E-state index contributed by atoms with van der Waals surface area (Å²) in [6.07, 6.45) is 0.721. The van der Waals surface area contributed by atoms with Crippen LogP contribution in [0.3, 0.4) is 0 Å². The molecule has 92 valence electrons. The van der Waals surface area contributed by atoms with Crippen LogP contribution in [0.1, 0.15) is 31.5 Å². The SMILES string of the molecule is COC(C)(C)CCn1c(C)ccc(C#N)c1=O. The molecule has 4 heteroatoms. The van der Waals surface area contributed by atoms with Crippen molar-refractivity contribution in [2.45, 2.75) is 39.3 Å². The lowest BCUT2D eigenvalue weighted by atomic mass is 10.1. The average molecular weight is 234 g/mol. The van der Waals surface area contributed by atoms with Gasteiger partial charge in [0.15, 0.2) is 0 Å². The maximum atomic E-state index is 11.9. The van der Waals surface area contributed by atoms with Gasteiger partial charge in [-0.05, 0) is 39.3 Å². The first-order valence-electron chi connectivity index (χ1n) is 5.57. The molecule has 0 aliphatic carbocycles. The van der Waals surface area contributed by atoms with Crippen molar-refractivity contribution in [3.05, 3.63) is 33.7 Å². The van der Waals surface area contributed by atoms with Gasteiger partial charge in [-0.2, -0.15) is 5.26 Å². The fourth-order valence-corrected chi connectivity index (χ4v) is 1.52. The third-order valence-electron chi connectivity index (χ3n) is 3.00. The molecular formula is C13H18N2O2. The Balaban J connectivity index is 3.00. The van der Waals surface area contributed by atoms with E-state index in [1.165, 1.54) is 0 Å². The van der Waals surface area contributed by atoms with Crippen LogP contribution in [0.5, 0.6) is 0 Å². The molecule has 0 fully saturated rings. The Morgan fingerprint density at radius 1 is 1.47 bits per heavy atom. The maximum absolute atomic E-state index is 11.9. The van der Waals surface area contributed by atoms with E-state index in [2.05, 4.69) is 0 Å². The van der Waals surface area contributed by atoms with Crippen molar-refractivity contribution >= 4 is 0 Å². The van der Waals surface area contributed by atoms with Gasteiger partial charge >= 0.3 is 0 Å². The first-order chi connectivity index (χ1) is 7.91. The van der Waals surface area contributed by atoms with Gasteiger partial charge in [0.2, 0.25) is 0 Å². The molecule has 0 aromatic carbocycles. The van der Waals surface area contributed by atoms with Crippen LogP contribution in [0.4, 0.5) is 0 Å². The molecule has 0 amide bonds. The van der Waals surface area contributed by atoms with Crippen LogP contribution in [0, 0.1) is 18.3 Å². The van der Waals surface area contributed by atoms with Crippen molar-refractivity contribution < 1.29 is 4.74 Å². The van der Waals surface area contributed by atoms with Crippen LogP contribution >= 0.6 is 0 Å². The van der Waals surface area contributed by atoms with Crippen LogP contribution in [0.15, 0.2) is 16.9 Å². The Labute approximate surface area is 101 Å². The van der Waals surface area contributed by atoms with Crippen molar-refractivity contribution in [2.75, 3.05) is 7.11 Å². The first kappa shape index (κ1) is 13.5. The zero-order valence-electron chi connectivity index (χ0n) is 10.8. The largest absolute Gasteiger partial charge is 0.379 e. The fraction of sp³-hybridized carbons (Fsp3) is 0.538. The second-order valence-corrected chi connectivity index (χ2v) is 4.67. The molecule has 1 rings (SSSR count). The van der Waals surface area contributed by atoms with Crippen molar-refractivity contribution in [1.29, 1.82) is 5.26 Å². The van der Waals surface area contributed by atoms with Crippen molar-refractivity contribution in [1.82, 2.24) is 4.57 Å². The molecule has 0 atom stereocenters. The van der Waals surface area contributed by atoms with E-state index in [0.717, 1.165) is 12.1 Å². The van der Waals surface area contributed by atoms with Crippen LogP contribution in [-0.2, 0) is 11.3 Å². The van der Waals surface area contributed by atoms with Crippen molar-refractivity contribution in [3.63, 3.8) is 0 Å². The van der Waals surface area contributed by atoms with E-state index in [-0.39, 0.29) is 16.7 Å². The third-order valence-corrected chi connectivity index (χ3v) is 3.00. The van der Waals surface area contributed by atoms with E-state index in [0.29, 0.717) is 6.54 Å². The monoisotopic (exact) mass is 234 g/mol. The van der Waals surface area contributed by atoms with E-state index in [1.807, 2.05) is 26.8 Å². The summed E-state index contributed by atoms with van der Waals surface area (Å²) in [7, 11) is 1.65. The standard InChI is InChI=1S/C13H18N2O2/c1-10-5-6-11(9-14)12(16)15(10)8-7-13(2,3)17-4/h5-6H,7-8H2,1-4H3. The number of hydrogen-bond acceptors (Lipinski definition) is 3. The van der Waals surface area contributed by atoms with Crippen LogP contribution in [0.25, 0.3) is 0 Å². The Morgan fingerprint density at radius 2 is 2.12 bits per heavy atom. The first-order valence-corrected chi connectivity index (χ1v) is 5.57. The normalized spacial score (nSPS) is 11.2. The number of hydrogen-bond donors (Lipinski definition) is 0. The third kappa shape index (κ3) is 3.18. The van der Waals surface area contributed by atoms with E-state index >= 15 is 0 Å². The van der Waals surface area contributed by atoms with Gasteiger partial charge in [0.05, 0.1) is 5.60 Å². The minimum atomic E-state index is -0.269. The Kier molecular flexibility index (Phi) is 4.08. The topological polar surface area (TPSA) is 55.0 Å². The average Bonchev–Trinajstić information content (AvgIpc) is 2.29. The zero-order valence-corrected chi connectivity index (χ0v) is 10.8. The lowest BCUT2D eigenvalue weighted by Crippen LogP contribution is -2.30. The summed E-state index contributed by atoms with van der Waals surface area (Å²) in [6.45, 7) is 6.37. The van der Waals surface area contributed by atoms with Gasteiger partial charge in [-0.3, -0.25) is 4.79 Å². The molecule has 0 radical (unpaired) electrons. The van der Waals surface area contributed by atoms with Crippen LogP contribution < -0.4 is 5.56 Å². The van der Waals surface area contributed by atoms with Gasteiger partial charge in [0.25, 0.3) is 5.56 Å². The molecule has 1 heterocycles. The van der Waals surface area contributed by atoms with E-state index in [4.69, 9.17) is 10.00 Å². The van der Waals surface area contributed by atoms with Crippen LogP contribution in [-0.4, -0.2) is 17.3 Å². The van der Waals surface area contributed by atoms with Gasteiger partial charge in [-0.25, -0.2) is 0 Å². The number of pyridine rings is 1. The lowest BCUT2D eigenvalue weighted by Gasteiger charge is -2.23. The van der Waals surface area contributed by atoms with Crippen molar-refractivity contribution in [2.24, 2.45) is 0 Å². The molecule has 4 nitrogen and oxygen atoms in total. The number of nitriles is 1. The number of rotatable bonds is 4. The predicted octanol–water partition coefficient (Wildman–Crippen LogP) is 1.84.